The zero-order valence-corrected chi connectivity index (χ0v) is 14.2. The molecule has 0 saturated heterocycles. The quantitative estimate of drug-likeness (QED) is 0.747. The lowest BCUT2D eigenvalue weighted by Crippen LogP contribution is -2.24. The SMILES string of the molecule is Cc1cc(C=CCCNC(=O)OCc2ccccc2)cc(Cl)c1O. The van der Waals surface area contributed by atoms with Gasteiger partial charge < -0.3 is 15.2 Å². The summed E-state index contributed by atoms with van der Waals surface area (Å²) in [6.45, 7) is 2.53. The molecule has 0 heterocycles. The fourth-order valence-electron chi connectivity index (χ4n) is 2.11. The zero-order chi connectivity index (χ0) is 17.4. The Morgan fingerprint density at radius 1 is 1.29 bits per heavy atom. The van der Waals surface area contributed by atoms with Crippen LogP contribution >= 0.6 is 11.6 Å². The first kappa shape index (κ1) is 17.9. The molecule has 2 aromatic carbocycles. The fraction of sp³-hybridized carbons (Fsp3) is 0.211. The van der Waals surface area contributed by atoms with E-state index in [0.717, 1.165) is 16.7 Å². The van der Waals surface area contributed by atoms with Crippen LogP contribution in [0.15, 0.2) is 48.5 Å². The molecule has 0 fully saturated rings. The van der Waals surface area contributed by atoms with E-state index in [1.165, 1.54) is 0 Å². The lowest BCUT2D eigenvalue weighted by atomic mass is 10.1. The number of carbonyl (C=O) groups excluding carboxylic acids is 1. The van der Waals surface area contributed by atoms with Gasteiger partial charge in [-0.1, -0.05) is 54.1 Å². The summed E-state index contributed by atoms with van der Waals surface area (Å²) in [7, 11) is 0. The molecule has 24 heavy (non-hydrogen) atoms. The summed E-state index contributed by atoms with van der Waals surface area (Å²) in [6.07, 6.45) is 4.06. The van der Waals surface area contributed by atoms with E-state index in [1.54, 1.807) is 13.0 Å². The third-order valence-electron chi connectivity index (χ3n) is 3.38. The highest BCUT2D eigenvalue weighted by molar-refractivity contribution is 6.32. The molecule has 0 aliphatic carbocycles. The van der Waals surface area contributed by atoms with Gasteiger partial charge in [0.05, 0.1) is 5.02 Å². The Labute approximate surface area is 146 Å². The minimum absolute atomic E-state index is 0.108. The number of phenols is 1. The van der Waals surface area contributed by atoms with E-state index in [4.69, 9.17) is 16.3 Å². The third-order valence-corrected chi connectivity index (χ3v) is 3.67. The molecular weight excluding hydrogens is 326 g/mol. The van der Waals surface area contributed by atoms with Crippen molar-refractivity contribution in [3.05, 3.63) is 70.3 Å². The van der Waals surface area contributed by atoms with Crippen LogP contribution < -0.4 is 5.32 Å². The van der Waals surface area contributed by atoms with E-state index < -0.39 is 6.09 Å². The largest absolute Gasteiger partial charge is 0.506 e. The van der Waals surface area contributed by atoms with Gasteiger partial charge in [-0.2, -0.15) is 0 Å². The number of phenolic OH excluding ortho intramolecular Hbond substituents is 1. The number of ether oxygens (including phenoxy) is 1. The van der Waals surface area contributed by atoms with Crippen molar-refractivity contribution >= 4 is 23.8 Å². The highest BCUT2D eigenvalue weighted by Crippen LogP contribution is 2.28. The first-order chi connectivity index (χ1) is 11.6. The van der Waals surface area contributed by atoms with Gasteiger partial charge in [0.2, 0.25) is 0 Å². The number of nitrogens with one attached hydrogen (secondary N) is 1. The second-order valence-corrected chi connectivity index (χ2v) is 5.75. The van der Waals surface area contributed by atoms with E-state index in [0.29, 0.717) is 18.0 Å². The van der Waals surface area contributed by atoms with Gasteiger partial charge in [-0.05, 0) is 42.2 Å². The van der Waals surface area contributed by atoms with Crippen molar-refractivity contribution in [1.29, 1.82) is 0 Å². The number of carbonyl (C=O) groups is 1. The Kier molecular flexibility index (Phi) is 6.70. The van der Waals surface area contributed by atoms with E-state index in [9.17, 15) is 9.90 Å². The molecule has 126 valence electrons. The van der Waals surface area contributed by atoms with Crippen molar-refractivity contribution < 1.29 is 14.6 Å². The average molecular weight is 346 g/mol. The third kappa shape index (κ3) is 5.63. The highest BCUT2D eigenvalue weighted by atomic mass is 35.5. The first-order valence-corrected chi connectivity index (χ1v) is 8.04. The van der Waals surface area contributed by atoms with E-state index >= 15 is 0 Å². The van der Waals surface area contributed by atoms with Crippen molar-refractivity contribution in [2.75, 3.05) is 6.54 Å². The Bertz CT molecular complexity index is 691. The standard InChI is InChI=1S/C19H20ClNO3/c1-14-11-16(12-17(20)18(14)22)9-5-6-10-21-19(23)24-13-15-7-3-2-4-8-15/h2-5,7-9,11-12,22H,6,10,13H2,1H3,(H,21,23). The number of hydrogen-bond donors (Lipinski definition) is 2. The zero-order valence-electron chi connectivity index (χ0n) is 13.5. The van der Waals surface area contributed by atoms with Gasteiger partial charge in [0.1, 0.15) is 12.4 Å². The summed E-state index contributed by atoms with van der Waals surface area (Å²) in [4.78, 5) is 11.6. The Hall–Kier alpha value is -2.46. The topological polar surface area (TPSA) is 58.6 Å². The van der Waals surface area contributed by atoms with Crippen LogP contribution in [0, 0.1) is 6.92 Å². The molecule has 0 radical (unpaired) electrons. The van der Waals surface area contributed by atoms with Crippen LogP contribution in [-0.2, 0) is 11.3 Å². The van der Waals surface area contributed by atoms with Gasteiger partial charge in [-0.25, -0.2) is 4.79 Å². The van der Waals surface area contributed by atoms with E-state index in [1.807, 2.05) is 48.6 Å². The van der Waals surface area contributed by atoms with Gasteiger partial charge >= 0.3 is 6.09 Å². The number of hydrogen-bond acceptors (Lipinski definition) is 3. The van der Waals surface area contributed by atoms with Gasteiger partial charge in [0, 0.05) is 6.54 Å². The molecule has 2 aromatic rings. The van der Waals surface area contributed by atoms with Crippen molar-refractivity contribution in [3.63, 3.8) is 0 Å². The molecule has 0 atom stereocenters. The molecule has 0 spiro atoms. The van der Waals surface area contributed by atoms with Crippen molar-refractivity contribution in [1.82, 2.24) is 5.32 Å². The summed E-state index contributed by atoms with van der Waals surface area (Å²) in [5.41, 5.74) is 2.58. The van der Waals surface area contributed by atoms with Crippen LogP contribution in [0.25, 0.3) is 6.08 Å². The molecular formula is C19H20ClNO3. The van der Waals surface area contributed by atoms with Crippen LogP contribution in [0.1, 0.15) is 23.1 Å². The molecule has 0 aromatic heterocycles. The molecule has 4 nitrogen and oxygen atoms in total. The lowest BCUT2D eigenvalue weighted by molar-refractivity contribution is 0.140. The molecule has 0 bridgehead atoms. The average Bonchev–Trinajstić information content (AvgIpc) is 2.58. The van der Waals surface area contributed by atoms with Crippen LogP contribution in [0.5, 0.6) is 5.75 Å². The molecule has 2 N–H and O–H groups in total. The molecule has 2 rings (SSSR count). The number of aromatic hydroxyl groups is 1. The van der Waals surface area contributed by atoms with Crippen molar-refractivity contribution in [3.8, 4) is 5.75 Å². The van der Waals surface area contributed by atoms with E-state index in [2.05, 4.69) is 5.32 Å². The normalized spacial score (nSPS) is 10.8. The predicted molar refractivity (Wildman–Crippen MR) is 96.1 cm³/mol. The lowest BCUT2D eigenvalue weighted by Gasteiger charge is -2.06. The highest BCUT2D eigenvalue weighted by Gasteiger charge is 2.03. The first-order valence-electron chi connectivity index (χ1n) is 7.66. The molecule has 0 aliphatic heterocycles. The van der Waals surface area contributed by atoms with Gasteiger partial charge in [-0.3, -0.25) is 0 Å². The Morgan fingerprint density at radius 3 is 2.75 bits per heavy atom. The van der Waals surface area contributed by atoms with Crippen LogP contribution in [0.4, 0.5) is 4.79 Å². The predicted octanol–water partition coefficient (Wildman–Crippen LogP) is 4.68. The number of halogens is 1. The maximum atomic E-state index is 11.6. The van der Waals surface area contributed by atoms with E-state index in [-0.39, 0.29) is 12.4 Å². The van der Waals surface area contributed by atoms with Crippen molar-refractivity contribution in [2.24, 2.45) is 0 Å². The number of amides is 1. The molecule has 5 heteroatoms. The number of rotatable bonds is 6. The summed E-state index contributed by atoms with van der Waals surface area (Å²) in [5, 5.41) is 12.6. The molecule has 1 amide bonds. The minimum Gasteiger partial charge on any atom is -0.506 e. The minimum atomic E-state index is -0.434. The Balaban J connectivity index is 1.69. The maximum absolute atomic E-state index is 11.6. The second-order valence-electron chi connectivity index (χ2n) is 5.35. The summed E-state index contributed by atoms with van der Waals surface area (Å²) in [5.74, 6) is 0.108. The monoisotopic (exact) mass is 345 g/mol. The Morgan fingerprint density at radius 2 is 2.04 bits per heavy atom. The summed E-state index contributed by atoms with van der Waals surface area (Å²) < 4.78 is 5.12. The van der Waals surface area contributed by atoms with Crippen LogP contribution in [-0.4, -0.2) is 17.7 Å². The molecule has 0 aliphatic rings. The van der Waals surface area contributed by atoms with Crippen molar-refractivity contribution in [2.45, 2.75) is 20.0 Å². The van der Waals surface area contributed by atoms with Gasteiger partial charge in [0.15, 0.2) is 0 Å². The fourth-order valence-corrected chi connectivity index (χ4v) is 2.39. The number of benzene rings is 2. The molecule has 0 saturated carbocycles. The maximum Gasteiger partial charge on any atom is 0.407 e. The molecule has 0 unspecified atom stereocenters. The summed E-state index contributed by atoms with van der Waals surface area (Å²) in [6, 6.07) is 13.1. The van der Waals surface area contributed by atoms with Gasteiger partial charge in [0.25, 0.3) is 0 Å². The second kappa shape index (κ2) is 8.99. The van der Waals surface area contributed by atoms with Crippen LogP contribution in [0.3, 0.4) is 0 Å². The van der Waals surface area contributed by atoms with Crippen LogP contribution in [0.2, 0.25) is 5.02 Å². The number of alkyl carbamates (subject to hydrolysis) is 1. The number of aryl methyl sites for hydroxylation is 1. The van der Waals surface area contributed by atoms with Gasteiger partial charge in [-0.15, -0.1) is 0 Å². The summed E-state index contributed by atoms with van der Waals surface area (Å²) >= 11 is 5.93. The smallest absolute Gasteiger partial charge is 0.407 e.